The minimum absolute atomic E-state index is 0.102. The number of amides is 2. The van der Waals surface area contributed by atoms with E-state index in [1.807, 2.05) is 0 Å². The number of hydrogen-bond acceptors (Lipinski definition) is 6. The van der Waals surface area contributed by atoms with Gasteiger partial charge >= 0.3 is 0 Å². The van der Waals surface area contributed by atoms with Gasteiger partial charge in [-0.1, -0.05) is 6.08 Å². The molecule has 9 nitrogen and oxygen atoms in total. The second kappa shape index (κ2) is 9.69. The van der Waals surface area contributed by atoms with E-state index < -0.39 is 27.2 Å². The van der Waals surface area contributed by atoms with E-state index in [-0.39, 0.29) is 25.2 Å². The van der Waals surface area contributed by atoms with Crippen LogP contribution in [0.3, 0.4) is 0 Å². The summed E-state index contributed by atoms with van der Waals surface area (Å²) in [4.78, 5) is 25.7. The molecule has 170 valence electrons. The maximum absolute atomic E-state index is 12.9. The van der Waals surface area contributed by atoms with Crippen LogP contribution >= 0.6 is 0 Å². The maximum Gasteiger partial charge on any atom is 0.252 e. The maximum atomic E-state index is 12.9. The van der Waals surface area contributed by atoms with Crippen LogP contribution in [0.2, 0.25) is 0 Å². The highest BCUT2D eigenvalue weighted by Gasteiger charge is 2.36. The van der Waals surface area contributed by atoms with Crippen LogP contribution in [-0.2, 0) is 14.8 Å². The van der Waals surface area contributed by atoms with Gasteiger partial charge in [0.15, 0.2) is 11.5 Å². The van der Waals surface area contributed by atoms with E-state index in [4.69, 9.17) is 9.47 Å². The number of hydrogen-bond donors (Lipinski definition) is 2. The topological polar surface area (TPSA) is 114 Å². The number of benzene rings is 1. The van der Waals surface area contributed by atoms with E-state index in [0.717, 1.165) is 0 Å². The van der Waals surface area contributed by atoms with Crippen molar-refractivity contribution in [1.82, 2.24) is 14.9 Å². The first-order chi connectivity index (χ1) is 14.7. The summed E-state index contributed by atoms with van der Waals surface area (Å²) in [5.74, 6) is 0.123. The van der Waals surface area contributed by atoms with E-state index in [9.17, 15) is 18.0 Å². The Morgan fingerprint density at radius 3 is 2.55 bits per heavy atom. The predicted molar refractivity (Wildman–Crippen MR) is 115 cm³/mol. The molecule has 0 aromatic heterocycles. The van der Waals surface area contributed by atoms with Crippen molar-refractivity contribution in [2.45, 2.75) is 38.0 Å². The summed E-state index contributed by atoms with van der Waals surface area (Å²) in [7, 11) is -3.35. The smallest absolute Gasteiger partial charge is 0.252 e. The van der Waals surface area contributed by atoms with Crippen molar-refractivity contribution >= 4 is 21.8 Å². The highest BCUT2D eigenvalue weighted by Crippen LogP contribution is 2.32. The zero-order valence-electron chi connectivity index (χ0n) is 17.8. The van der Waals surface area contributed by atoms with Gasteiger partial charge in [-0.05, 0) is 50.8 Å². The lowest BCUT2D eigenvalue weighted by atomic mass is 9.89. The van der Waals surface area contributed by atoms with E-state index in [0.29, 0.717) is 43.0 Å². The molecular weight excluding hydrogens is 422 g/mol. The summed E-state index contributed by atoms with van der Waals surface area (Å²) in [6.07, 6.45) is 2.51. The number of nitrogens with one attached hydrogen (secondary N) is 2. The fraction of sp³-hybridized carbons (Fsp3) is 0.524. The Morgan fingerprint density at radius 1 is 1.23 bits per heavy atom. The highest BCUT2D eigenvalue weighted by molar-refractivity contribution is 7.89. The molecule has 2 amide bonds. The Kier molecular flexibility index (Phi) is 7.22. The molecule has 1 saturated heterocycles. The van der Waals surface area contributed by atoms with Gasteiger partial charge in [0, 0.05) is 25.2 Å². The molecule has 2 aliphatic heterocycles. The molecule has 0 aliphatic carbocycles. The Balaban J connectivity index is 1.72. The van der Waals surface area contributed by atoms with Crippen molar-refractivity contribution in [1.29, 1.82) is 0 Å². The Bertz CT molecular complexity index is 938. The lowest BCUT2D eigenvalue weighted by Crippen LogP contribution is -2.54. The van der Waals surface area contributed by atoms with Crippen molar-refractivity contribution in [3.05, 3.63) is 36.4 Å². The largest absolute Gasteiger partial charge is 0.454 e. The van der Waals surface area contributed by atoms with Gasteiger partial charge in [0.25, 0.3) is 5.91 Å². The van der Waals surface area contributed by atoms with Crippen molar-refractivity contribution in [3.8, 4) is 11.5 Å². The van der Waals surface area contributed by atoms with Gasteiger partial charge < -0.3 is 20.1 Å². The SMILES string of the molecule is C=CCNC(=O)C(NC(=O)c1ccc2c(c1)OCO2)C1CCN(S(=O)(=O)C(C)C)CC1. The van der Waals surface area contributed by atoms with Crippen LogP contribution in [0.5, 0.6) is 11.5 Å². The number of carbonyl (C=O) groups is 2. The van der Waals surface area contributed by atoms with E-state index >= 15 is 0 Å². The zero-order chi connectivity index (χ0) is 22.6. The molecule has 31 heavy (non-hydrogen) atoms. The van der Waals surface area contributed by atoms with Crippen molar-refractivity contribution in [2.75, 3.05) is 26.4 Å². The van der Waals surface area contributed by atoms with E-state index in [2.05, 4.69) is 17.2 Å². The highest BCUT2D eigenvalue weighted by atomic mass is 32.2. The normalized spacial score (nSPS) is 17.9. The monoisotopic (exact) mass is 451 g/mol. The first-order valence-electron chi connectivity index (χ1n) is 10.3. The third-order valence-electron chi connectivity index (χ3n) is 5.55. The molecule has 1 aromatic carbocycles. The van der Waals surface area contributed by atoms with Gasteiger partial charge in [-0.2, -0.15) is 0 Å². The molecule has 3 rings (SSSR count). The molecule has 0 radical (unpaired) electrons. The number of sulfonamides is 1. The van der Waals surface area contributed by atoms with Gasteiger partial charge in [0.1, 0.15) is 6.04 Å². The van der Waals surface area contributed by atoms with Crippen molar-refractivity contribution in [3.63, 3.8) is 0 Å². The molecule has 1 atom stereocenters. The summed E-state index contributed by atoms with van der Waals surface area (Å²) >= 11 is 0. The molecule has 10 heteroatoms. The molecule has 1 fully saturated rings. The Hall–Kier alpha value is -2.59. The van der Waals surface area contributed by atoms with Crippen LogP contribution < -0.4 is 20.1 Å². The second-order valence-electron chi connectivity index (χ2n) is 7.88. The van der Waals surface area contributed by atoms with Gasteiger partial charge in [0.05, 0.1) is 5.25 Å². The lowest BCUT2D eigenvalue weighted by Gasteiger charge is -2.35. The summed E-state index contributed by atoms with van der Waals surface area (Å²) in [5.41, 5.74) is 0.352. The van der Waals surface area contributed by atoms with Crippen LogP contribution in [0.4, 0.5) is 0 Å². The van der Waals surface area contributed by atoms with Crippen LogP contribution in [0.25, 0.3) is 0 Å². The number of rotatable bonds is 8. The summed E-state index contributed by atoms with van der Waals surface area (Å²) < 4.78 is 36.9. The standard InChI is InChI=1S/C21H29N3O6S/c1-4-9-22-21(26)19(15-7-10-24(11-8-15)31(27,28)14(2)3)23-20(25)16-5-6-17-18(12-16)30-13-29-17/h4-6,12,14-15,19H,1,7-11,13H2,2-3H3,(H,22,26)(H,23,25). The number of fused-ring (bicyclic) bond motifs is 1. The second-order valence-corrected chi connectivity index (χ2v) is 10.4. The first kappa shape index (κ1) is 23.1. The molecule has 0 saturated carbocycles. The van der Waals surface area contributed by atoms with Gasteiger partial charge in [-0.15, -0.1) is 6.58 Å². The van der Waals surface area contributed by atoms with Crippen LogP contribution in [-0.4, -0.2) is 62.3 Å². The Morgan fingerprint density at radius 2 is 1.90 bits per heavy atom. The molecule has 0 spiro atoms. The number of carbonyl (C=O) groups excluding carboxylic acids is 2. The molecule has 2 heterocycles. The predicted octanol–water partition coefficient (Wildman–Crippen LogP) is 1.27. The first-order valence-corrected chi connectivity index (χ1v) is 11.8. The quantitative estimate of drug-likeness (QED) is 0.576. The fourth-order valence-electron chi connectivity index (χ4n) is 3.70. The van der Waals surface area contributed by atoms with Crippen molar-refractivity contribution < 1.29 is 27.5 Å². The van der Waals surface area contributed by atoms with Crippen LogP contribution in [0, 0.1) is 5.92 Å². The molecule has 0 bridgehead atoms. The van der Waals surface area contributed by atoms with Gasteiger partial charge in [0.2, 0.25) is 22.7 Å². The van der Waals surface area contributed by atoms with Crippen molar-refractivity contribution in [2.24, 2.45) is 5.92 Å². The van der Waals surface area contributed by atoms with Gasteiger partial charge in [-0.3, -0.25) is 9.59 Å². The third-order valence-corrected chi connectivity index (χ3v) is 7.83. The summed E-state index contributed by atoms with van der Waals surface area (Å²) in [6.45, 7) is 7.91. The van der Waals surface area contributed by atoms with Gasteiger partial charge in [-0.25, -0.2) is 12.7 Å². The minimum Gasteiger partial charge on any atom is -0.454 e. The summed E-state index contributed by atoms with van der Waals surface area (Å²) in [6, 6.07) is 4.05. The van der Waals surface area contributed by atoms with Crippen LogP contribution in [0.1, 0.15) is 37.0 Å². The number of piperidine rings is 1. The zero-order valence-corrected chi connectivity index (χ0v) is 18.6. The molecule has 2 aliphatic rings. The number of nitrogens with zero attached hydrogens (tertiary/aromatic N) is 1. The molecule has 1 unspecified atom stereocenters. The van der Waals surface area contributed by atoms with E-state index in [1.54, 1.807) is 38.1 Å². The lowest BCUT2D eigenvalue weighted by molar-refractivity contribution is -0.124. The number of ether oxygens (including phenoxy) is 2. The van der Waals surface area contributed by atoms with Crippen LogP contribution in [0.15, 0.2) is 30.9 Å². The average molecular weight is 452 g/mol. The fourth-order valence-corrected chi connectivity index (χ4v) is 5.02. The Labute approximate surface area is 182 Å². The molecular formula is C21H29N3O6S. The average Bonchev–Trinajstić information content (AvgIpc) is 3.23. The molecule has 1 aromatic rings. The summed E-state index contributed by atoms with van der Waals surface area (Å²) in [5, 5.41) is 5.07. The van der Waals surface area contributed by atoms with E-state index in [1.165, 1.54) is 4.31 Å². The third kappa shape index (κ3) is 5.19. The minimum atomic E-state index is -3.35. The molecule has 2 N–H and O–H groups in total.